The van der Waals surface area contributed by atoms with Crippen LogP contribution in [0.25, 0.3) is 0 Å². The number of hydrogen-bond acceptors (Lipinski definition) is 5. The molecule has 2 aromatic rings. The predicted octanol–water partition coefficient (Wildman–Crippen LogP) is 2.93. The maximum Gasteiger partial charge on any atom is 0.287 e. The van der Waals surface area contributed by atoms with Crippen molar-refractivity contribution in [2.75, 3.05) is 30.4 Å². The number of hydrogen-bond donors (Lipinski definition) is 2. The standard InChI is InChI=1S/C16H16ClN3O4/c1-19(8-9-21)13-5-3-12(4-6-13)18-16(22)11-2-7-15(20(23)24)14(17)10-11/h2-7,10,21H,8-9H2,1H3,(H,18,22). The van der Waals surface area contributed by atoms with Crippen molar-refractivity contribution in [3.8, 4) is 0 Å². The molecule has 0 aromatic heterocycles. The fourth-order valence-electron chi connectivity index (χ4n) is 2.08. The van der Waals surface area contributed by atoms with E-state index in [1.807, 2.05) is 24.1 Å². The van der Waals surface area contributed by atoms with Crippen molar-refractivity contribution in [1.29, 1.82) is 0 Å². The first-order valence-electron chi connectivity index (χ1n) is 7.09. The minimum Gasteiger partial charge on any atom is -0.395 e. The van der Waals surface area contributed by atoms with Gasteiger partial charge >= 0.3 is 0 Å². The zero-order valence-electron chi connectivity index (χ0n) is 12.9. The van der Waals surface area contributed by atoms with E-state index in [1.165, 1.54) is 18.2 Å². The highest BCUT2D eigenvalue weighted by atomic mass is 35.5. The van der Waals surface area contributed by atoms with E-state index in [9.17, 15) is 14.9 Å². The highest BCUT2D eigenvalue weighted by Crippen LogP contribution is 2.25. The Labute approximate surface area is 143 Å². The summed E-state index contributed by atoms with van der Waals surface area (Å²) in [6, 6.07) is 10.9. The molecule has 0 aliphatic rings. The molecular weight excluding hydrogens is 334 g/mol. The zero-order valence-corrected chi connectivity index (χ0v) is 13.7. The van der Waals surface area contributed by atoms with Crippen molar-refractivity contribution in [2.45, 2.75) is 0 Å². The van der Waals surface area contributed by atoms with Gasteiger partial charge in [-0.1, -0.05) is 11.6 Å². The molecule has 0 saturated heterocycles. The third-order valence-electron chi connectivity index (χ3n) is 3.41. The second kappa shape index (κ2) is 7.76. The average Bonchev–Trinajstić information content (AvgIpc) is 2.55. The molecule has 8 heteroatoms. The molecule has 2 aromatic carbocycles. The molecule has 126 valence electrons. The van der Waals surface area contributed by atoms with E-state index in [4.69, 9.17) is 16.7 Å². The molecular formula is C16H16ClN3O4. The van der Waals surface area contributed by atoms with Gasteiger partial charge in [0.1, 0.15) is 5.02 Å². The fraction of sp³-hybridized carbons (Fsp3) is 0.188. The van der Waals surface area contributed by atoms with E-state index < -0.39 is 10.8 Å². The van der Waals surface area contributed by atoms with Crippen LogP contribution in [0.5, 0.6) is 0 Å². The van der Waals surface area contributed by atoms with Crippen molar-refractivity contribution in [1.82, 2.24) is 0 Å². The van der Waals surface area contributed by atoms with E-state index in [2.05, 4.69) is 5.32 Å². The van der Waals surface area contributed by atoms with Gasteiger partial charge in [-0.05, 0) is 36.4 Å². The second-order valence-electron chi connectivity index (χ2n) is 5.07. The van der Waals surface area contributed by atoms with Crippen LogP contribution in [0.1, 0.15) is 10.4 Å². The van der Waals surface area contributed by atoms with Crippen molar-refractivity contribution < 1.29 is 14.8 Å². The summed E-state index contributed by atoms with van der Waals surface area (Å²) in [7, 11) is 1.85. The van der Waals surface area contributed by atoms with Gasteiger partial charge in [-0.2, -0.15) is 0 Å². The molecule has 7 nitrogen and oxygen atoms in total. The van der Waals surface area contributed by atoms with Gasteiger partial charge < -0.3 is 15.3 Å². The summed E-state index contributed by atoms with van der Waals surface area (Å²) in [4.78, 5) is 24.2. The topological polar surface area (TPSA) is 95.7 Å². The number of likely N-dealkylation sites (N-methyl/N-ethyl adjacent to an activating group) is 1. The number of amides is 1. The molecule has 24 heavy (non-hydrogen) atoms. The molecule has 2 N–H and O–H groups in total. The zero-order chi connectivity index (χ0) is 17.7. The van der Waals surface area contributed by atoms with Crippen molar-refractivity contribution in [3.05, 3.63) is 63.2 Å². The lowest BCUT2D eigenvalue weighted by atomic mass is 10.2. The molecule has 0 atom stereocenters. The third-order valence-corrected chi connectivity index (χ3v) is 3.71. The first-order valence-corrected chi connectivity index (χ1v) is 7.47. The number of aliphatic hydroxyl groups excluding tert-OH is 1. The van der Waals surface area contributed by atoms with E-state index in [0.29, 0.717) is 12.2 Å². The highest BCUT2D eigenvalue weighted by molar-refractivity contribution is 6.33. The van der Waals surface area contributed by atoms with Crippen LogP contribution >= 0.6 is 11.6 Å². The Balaban J connectivity index is 2.09. The molecule has 2 rings (SSSR count). The second-order valence-corrected chi connectivity index (χ2v) is 5.48. The van der Waals surface area contributed by atoms with Gasteiger partial charge in [-0.15, -0.1) is 0 Å². The van der Waals surface area contributed by atoms with Crippen molar-refractivity contribution >= 4 is 34.6 Å². The fourth-order valence-corrected chi connectivity index (χ4v) is 2.33. The number of carbonyl (C=O) groups is 1. The van der Waals surface area contributed by atoms with Gasteiger partial charge in [0.05, 0.1) is 11.5 Å². The van der Waals surface area contributed by atoms with Crippen LogP contribution in [0.3, 0.4) is 0 Å². The number of nitrogens with zero attached hydrogens (tertiary/aromatic N) is 2. The summed E-state index contributed by atoms with van der Waals surface area (Å²) in [6.07, 6.45) is 0. The quantitative estimate of drug-likeness (QED) is 0.617. The van der Waals surface area contributed by atoms with Crippen LogP contribution in [0, 0.1) is 10.1 Å². The maximum absolute atomic E-state index is 12.2. The van der Waals surface area contributed by atoms with Gasteiger partial charge in [0.15, 0.2) is 0 Å². The third kappa shape index (κ3) is 4.21. The van der Waals surface area contributed by atoms with Crippen molar-refractivity contribution in [2.24, 2.45) is 0 Å². The first-order chi connectivity index (χ1) is 11.4. The van der Waals surface area contributed by atoms with Crippen LogP contribution in [-0.4, -0.2) is 36.1 Å². The smallest absolute Gasteiger partial charge is 0.287 e. The molecule has 0 radical (unpaired) electrons. The Morgan fingerprint density at radius 3 is 2.50 bits per heavy atom. The largest absolute Gasteiger partial charge is 0.395 e. The summed E-state index contributed by atoms with van der Waals surface area (Å²) in [5.41, 5.74) is 1.47. The lowest BCUT2D eigenvalue weighted by Gasteiger charge is -2.18. The average molecular weight is 350 g/mol. The van der Waals surface area contributed by atoms with Gasteiger partial charge in [0, 0.05) is 36.6 Å². The maximum atomic E-state index is 12.2. The van der Waals surface area contributed by atoms with Crippen molar-refractivity contribution in [3.63, 3.8) is 0 Å². The first kappa shape index (κ1) is 17.7. The van der Waals surface area contributed by atoms with Gasteiger partial charge in [0.2, 0.25) is 0 Å². The number of anilines is 2. The minimum absolute atomic E-state index is 0.0515. The van der Waals surface area contributed by atoms with Crippen LogP contribution in [0.15, 0.2) is 42.5 Å². The van der Waals surface area contributed by atoms with Gasteiger partial charge in [-0.3, -0.25) is 14.9 Å². The number of halogens is 1. The summed E-state index contributed by atoms with van der Waals surface area (Å²) >= 11 is 5.81. The lowest BCUT2D eigenvalue weighted by Crippen LogP contribution is -2.21. The highest BCUT2D eigenvalue weighted by Gasteiger charge is 2.15. The predicted molar refractivity (Wildman–Crippen MR) is 92.9 cm³/mol. The van der Waals surface area contributed by atoms with Gasteiger partial charge in [0.25, 0.3) is 11.6 Å². The summed E-state index contributed by atoms with van der Waals surface area (Å²) in [6.45, 7) is 0.558. The number of nitro groups is 1. The van der Waals surface area contributed by atoms with E-state index in [-0.39, 0.29) is 22.9 Å². The van der Waals surface area contributed by atoms with E-state index >= 15 is 0 Å². The Bertz CT molecular complexity index is 749. The monoisotopic (exact) mass is 349 g/mol. The Morgan fingerprint density at radius 2 is 1.96 bits per heavy atom. The number of nitrogens with one attached hydrogen (secondary N) is 1. The Hall–Kier alpha value is -2.64. The molecule has 0 aliphatic heterocycles. The van der Waals surface area contributed by atoms with Crippen LogP contribution in [-0.2, 0) is 0 Å². The Kier molecular flexibility index (Phi) is 5.73. The molecule has 0 heterocycles. The van der Waals surface area contributed by atoms with Crippen LogP contribution in [0.4, 0.5) is 17.1 Å². The molecule has 0 spiro atoms. The number of nitro benzene ring substituents is 1. The molecule has 0 fully saturated rings. The number of carbonyl (C=O) groups excluding carboxylic acids is 1. The lowest BCUT2D eigenvalue weighted by molar-refractivity contribution is -0.384. The van der Waals surface area contributed by atoms with Crippen LogP contribution < -0.4 is 10.2 Å². The molecule has 0 saturated carbocycles. The molecule has 0 unspecified atom stereocenters. The number of rotatable bonds is 6. The Morgan fingerprint density at radius 1 is 1.29 bits per heavy atom. The van der Waals surface area contributed by atoms with E-state index in [1.54, 1.807) is 12.1 Å². The van der Waals surface area contributed by atoms with Crippen LogP contribution in [0.2, 0.25) is 5.02 Å². The van der Waals surface area contributed by atoms with Gasteiger partial charge in [-0.25, -0.2) is 0 Å². The minimum atomic E-state index is -0.606. The molecule has 0 bridgehead atoms. The number of benzene rings is 2. The van der Waals surface area contributed by atoms with E-state index in [0.717, 1.165) is 5.69 Å². The molecule has 1 amide bonds. The summed E-state index contributed by atoms with van der Waals surface area (Å²) in [5, 5.41) is 22.3. The number of aliphatic hydroxyl groups is 1. The summed E-state index contributed by atoms with van der Waals surface area (Å²) in [5.74, 6) is -0.414. The molecule has 0 aliphatic carbocycles. The SMILES string of the molecule is CN(CCO)c1ccc(NC(=O)c2ccc([N+](=O)[O-])c(Cl)c2)cc1. The summed E-state index contributed by atoms with van der Waals surface area (Å²) < 4.78 is 0. The normalized spacial score (nSPS) is 10.3.